The van der Waals surface area contributed by atoms with Crippen LogP contribution in [-0.2, 0) is 0 Å². The zero-order valence-corrected chi connectivity index (χ0v) is 12.4. The number of rotatable bonds is 4. The monoisotopic (exact) mass is 275 g/mol. The van der Waals surface area contributed by atoms with E-state index in [-0.39, 0.29) is 11.7 Å². The third-order valence-electron chi connectivity index (χ3n) is 3.65. The standard InChI is InChI=1S/C16H21NO3/c1-9(17)7-8-19-14-6-5-13-10(2)11(3)16(18)20-15(13)12(14)4/h5-6,9H,7-8,17H2,1-4H3/t9-/m0/s1. The molecule has 0 saturated heterocycles. The predicted molar refractivity (Wildman–Crippen MR) is 80.5 cm³/mol. The van der Waals surface area contributed by atoms with E-state index in [1.54, 1.807) is 6.92 Å². The first kappa shape index (κ1) is 14.6. The Morgan fingerprint density at radius 2 is 1.90 bits per heavy atom. The summed E-state index contributed by atoms with van der Waals surface area (Å²) >= 11 is 0. The topological polar surface area (TPSA) is 65.5 Å². The van der Waals surface area contributed by atoms with Crippen molar-refractivity contribution in [2.45, 2.75) is 40.2 Å². The normalized spacial score (nSPS) is 12.7. The molecule has 0 aliphatic heterocycles. The van der Waals surface area contributed by atoms with Gasteiger partial charge in [0, 0.05) is 22.6 Å². The first-order valence-corrected chi connectivity index (χ1v) is 6.83. The van der Waals surface area contributed by atoms with Crippen molar-refractivity contribution in [3.05, 3.63) is 39.2 Å². The van der Waals surface area contributed by atoms with Crippen molar-refractivity contribution < 1.29 is 9.15 Å². The Balaban J connectivity index is 2.43. The number of hydrogen-bond donors (Lipinski definition) is 1. The molecule has 1 aromatic carbocycles. The number of nitrogens with two attached hydrogens (primary N) is 1. The van der Waals surface area contributed by atoms with Crippen LogP contribution in [0, 0.1) is 20.8 Å². The van der Waals surface area contributed by atoms with Crippen LogP contribution in [0.3, 0.4) is 0 Å². The summed E-state index contributed by atoms with van der Waals surface area (Å²) in [6.07, 6.45) is 0.786. The fourth-order valence-corrected chi connectivity index (χ4v) is 2.14. The summed E-state index contributed by atoms with van der Waals surface area (Å²) in [4.78, 5) is 11.8. The lowest BCUT2D eigenvalue weighted by atomic mass is 10.0. The molecule has 0 spiro atoms. The van der Waals surface area contributed by atoms with E-state index in [1.165, 1.54) is 0 Å². The number of aryl methyl sites for hydroxylation is 2. The van der Waals surface area contributed by atoms with Gasteiger partial charge < -0.3 is 14.9 Å². The molecular formula is C16H21NO3. The van der Waals surface area contributed by atoms with E-state index in [0.717, 1.165) is 28.7 Å². The summed E-state index contributed by atoms with van der Waals surface area (Å²) in [5.41, 5.74) is 8.49. The van der Waals surface area contributed by atoms with E-state index in [4.69, 9.17) is 14.9 Å². The van der Waals surface area contributed by atoms with E-state index >= 15 is 0 Å². The van der Waals surface area contributed by atoms with E-state index in [1.807, 2.05) is 32.9 Å². The molecule has 4 nitrogen and oxygen atoms in total. The quantitative estimate of drug-likeness (QED) is 0.871. The molecule has 2 rings (SSSR count). The van der Waals surface area contributed by atoms with E-state index in [9.17, 15) is 4.79 Å². The molecular weight excluding hydrogens is 254 g/mol. The number of benzene rings is 1. The summed E-state index contributed by atoms with van der Waals surface area (Å²) in [6.45, 7) is 8.12. The van der Waals surface area contributed by atoms with Gasteiger partial charge in [-0.15, -0.1) is 0 Å². The van der Waals surface area contributed by atoms with Crippen LogP contribution in [0.2, 0.25) is 0 Å². The highest BCUT2D eigenvalue weighted by Crippen LogP contribution is 2.29. The number of hydrogen-bond acceptors (Lipinski definition) is 4. The molecule has 20 heavy (non-hydrogen) atoms. The third kappa shape index (κ3) is 2.70. The van der Waals surface area contributed by atoms with E-state index < -0.39 is 0 Å². The van der Waals surface area contributed by atoms with Crippen LogP contribution < -0.4 is 16.1 Å². The third-order valence-corrected chi connectivity index (χ3v) is 3.65. The molecule has 0 saturated carbocycles. The summed E-state index contributed by atoms with van der Waals surface area (Å²) in [6, 6.07) is 3.97. The van der Waals surface area contributed by atoms with Crippen LogP contribution in [0.15, 0.2) is 21.3 Å². The molecule has 1 atom stereocenters. The first-order chi connectivity index (χ1) is 9.41. The summed E-state index contributed by atoms with van der Waals surface area (Å²) in [5, 5.41) is 0.958. The summed E-state index contributed by atoms with van der Waals surface area (Å²) in [5.74, 6) is 0.740. The van der Waals surface area contributed by atoms with Gasteiger partial charge in [-0.05, 0) is 51.8 Å². The van der Waals surface area contributed by atoms with Gasteiger partial charge in [0.25, 0.3) is 0 Å². The van der Waals surface area contributed by atoms with Crippen molar-refractivity contribution in [2.75, 3.05) is 6.61 Å². The molecule has 108 valence electrons. The van der Waals surface area contributed by atoms with Gasteiger partial charge in [0.15, 0.2) is 0 Å². The Morgan fingerprint density at radius 1 is 1.20 bits per heavy atom. The minimum Gasteiger partial charge on any atom is -0.493 e. The Kier molecular flexibility index (Phi) is 4.14. The highest BCUT2D eigenvalue weighted by atomic mass is 16.5. The smallest absolute Gasteiger partial charge is 0.339 e. The zero-order chi connectivity index (χ0) is 14.9. The Bertz CT molecular complexity index is 686. The predicted octanol–water partition coefficient (Wildman–Crippen LogP) is 2.83. The van der Waals surface area contributed by atoms with Gasteiger partial charge in [-0.1, -0.05) is 0 Å². The molecule has 1 aromatic heterocycles. The van der Waals surface area contributed by atoms with Crippen molar-refractivity contribution in [2.24, 2.45) is 5.73 Å². The van der Waals surface area contributed by atoms with Gasteiger partial charge in [0.2, 0.25) is 0 Å². The van der Waals surface area contributed by atoms with E-state index in [2.05, 4.69) is 0 Å². The Morgan fingerprint density at radius 3 is 2.55 bits per heavy atom. The van der Waals surface area contributed by atoms with Crippen molar-refractivity contribution in [1.29, 1.82) is 0 Å². The zero-order valence-electron chi connectivity index (χ0n) is 12.4. The van der Waals surface area contributed by atoms with Crippen LogP contribution >= 0.6 is 0 Å². The second-order valence-electron chi connectivity index (χ2n) is 5.32. The largest absolute Gasteiger partial charge is 0.493 e. The Labute approximate surface area is 118 Å². The average Bonchev–Trinajstić information content (AvgIpc) is 2.39. The molecule has 4 heteroatoms. The molecule has 0 bridgehead atoms. The van der Waals surface area contributed by atoms with Crippen LogP contribution in [0.4, 0.5) is 0 Å². The Hall–Kier alpha value is -1.81. The SMILES string of the molecule is Cc1c(C)c2ccc(OCC[C@H](C)N)c(C)c2oc1=O. The lowest BCUT2D eigenvalue weighted by Gasteiger charge is -2.13. The van der Waals surface area contributed by atoms with Crippen molar-refractivity contribution in [1.82, 2.24) is 0 Å². The van der Waals surface area contributed by atoms with Crippen molar-refractivity contribution >= 4 is 11.0 Å². The number of ether oxygens (including phenoxy) is 1. The second-order valence-corrected chi connectivity index (χ2v) is 5.32. The van der Waals surface area contributed by atoms with Gasteiger partial charge in [-0.25, -0.2) is 4.79 Å². The molecule has 2 N–H and O–H groups in total. The fourth-order valence-electron chi connectivity index (χ4n) is 2.14. The maximum Gasteiger partial charge on any atom is 0.339 e. The highest BCUT2D eigenvalue weighted by Gasteiger charge is 2.12. The van der Waals surface area contributed by atoms with Crippen LogP contribution in [0.25, 0.3) is 11.0 Å². The van der Waals surface area contributed by atoms with Gasteiger partial charge in [-0.3, -0.25) is 0 Å². The molecule has 0 unspecified atom stereocenters. The summed E-state index contributed by atoms with van der Waals surface area (Å²) in [7, 11) is 0. The molecule has 0 radical (unpaired) electrons. The minimum absolute atomic E-state index is 0.110. The van der Waals surface area contributed by atoms with E-state index in [0.29, 0.717) is 17.8 Å². The lowest BCUT2D eigenvalue weighted by Crippen LogP contribution is -2.18. The van der Waals surface area contributed by atoms with Gasteiger partial charge in [0.1, 0.15) is 11.3 Å². The summed E-state index contributed by atoms with van der Waals surface area (Å²) < 4.78 is 11.1. The first-order valence-electron chi connectivity index (χ1n) is 6.83. The molecule has 1 heterocycles. The van der Waals surface area contributed by atoms with Gasteiger partial charge in [-0.2, -0.15) is 0 Å². The van der Waals surface area contributed by atoms with Crippen LogP contribution in [-0.4, -0.2) is 12.6 Å². The molecule has 0 aliphatic carbocycles. The highest BCUT2D eigenvalue weighted by molar-refractivity contribution is 5.85. The van der Waals surface area contributed by atoms with Crippen molar-refractivity contribution in [3.63, 3.8) is 0 Å². The number of fused-ring (bicyclic) bond motifs is 1. The lowest BCUT2D eigenvalue weighted by molar-refractivity contribution is 0.299. The molecule has 0 amide bonds. The molecule has 0 aliphatic rings. The van der Waals surface area contributed by atoms with Crippen LogP contribution in [0.1, 0.15) is 30.0 Å². The molecule has 2 aromatic rings. The minimum atomic E-state index is -0.286. The van der Waals surface area contributed by atoms with Crippen molar-refractivity contribution in [3.8, 4) is 5.75 Å². The average molecular weight is 275 g/mol. The van der Waals surface area contributed by atoms with Crippen LogP contribution in [0.5, 0.6) is 5.75 Å². The fraction of sp³-hybridized carbons (Fsp3) is 0.438. The molecule has 0 fully saturated rings. The maximum absolute atomic E-state index is 11.8. The maximum atomic E-state index is 11.8. The second kappa shape index (κ2) is 5.67. The van der Waals surface area contributed by atoms with Gasteiger partial charge >= 0.3 is 5.63 Å². The van der Waals surface area contributed by atoms with Gasteiger partial charge in [0.05, 0.1) is 6.61 Å².